The van der Waals surface area contributed by atoms with Gasteiger partial charge in [0.1, 0.15) is 0 Å². The average molecular weight is 243 g/mol. The van der Waals surface area contributed by atoms with Crippen molar-refractivity contribution in [2.24, 2.45) is 0 Å². The number of alkyl halides is 3. The van der Waals surface area contributed by atoms with Crippen LogP contribution in [0.2, 0.25) is 0 Å². The molecule has 3 nitrogen and oxygen atoms in total. The fourth-order valence-electron chi connectivity index (χ4n) is 1.02. The predicted molar refractivity (Wildman–Crippen MR) is 55.1 cm³/mol. The van der Waals surface area contributed by atoms with E-state index in [4.69, 9.17) is 0 Å². The number of benzene rings is 1. The maximum atomic E-state index is 11.9. The fourth-order valence-corrected chi connectivity index (χ4v) is 1.02. The minimum Gasteiger partial charge on any atom is -0.284 e. The summed E-state index contributed by atoms with van der Waals surface area (Å²) in [6.45, 7) is 3.48. The largest absolute Gasteiger partial charge is 0.471 e. The van der Waals surface area contributed by atoms with E-state index in [0.717, 1.165) is 0 Å². The average Bonchev–Trinajstić information content (AvgIpc) is 2.27. The van der Waals surface area contributed by atoms with Crippen LogP contribution < -0.4 is 5.32 Å². The Morgan fingerprint density at radius 3 is 2.12 bits per heavy atom. The number of rotatable bonds is 2. The number of imide groups is 1. The second-order valence-corrected chi connectivity index (χ2v) is 3.11. The summed E-state index contributed by atoms with van der Waals surface area (Å²) in [5.74, 6) is -3.38. The second kappa shape index (κ2) is 4.82. The Labute approximate surface area is 94.9 Å². The second-order valence-electron chi connectivity index (χ2n) is 3.11. The van der Waals surface area contributed by atoms with Gasteiger partial charge in [-0.15, -0.1) is 0 Å². The predicted octanol–water partition coefficient (Wildman–Crippen LogP) is 2.15. The van der Waals surface area contributed by atoms with E-state index < -0.39 is 18.0 Å². The van der Waals surface area contributed by atoms with Gasteiger partial charge in [0.2, 0.25) is 0 Å². The molecule has 0 saturated carbocycles. The number of hydrogen-bond donors (Lipinski definition) is 1. The normalized spacial score (nSPS) is 10.8. The Balaban J connectivity index is 2.77. The topological polar surface area (TPSA) is 46.2 Å². The molecule has 0 saturated heterocycles. The molecule has 0 radical (unpaired) electrons. The number of hydrogen-bond acceptors (Lipinski definition) is 2. The lowest BCUT2D eigenvalue weighted by Crippen LogP contribution is -2.40. The van der Waals surface area contributed by atoms with Crippen LogP contribution in [0, 0.1) is 0 Å². The maximum absolute atomic E-state index is 11.9. The molecule has 0 fully saturated rings. The van der Waals surface area contributed by atoms with Crippen molar-refractivity contribution in [1.29, 1.82) is 0 Å². The first-order valence-electron chi connectivity index (χ1n) is 4.49. The molecule has 90 valence electrons. The van der Waals surface area contributed by atoms with Crippen molar-refractivity contribution in [2.75, 3.05) is 0 Å². The summed E-state index contributed by atoms with van der Waals surface area (Å²) >= 11 is 0. The van der Waals surface area contributed by atoms with Gasteiger partial charge in [-0.25, -0.2) is 0 Å². The molecule has 17 heavy (non-hydrogen) atoms. The highest BCUT2D eigenvalue weighted by molar-refractivity contribution is 6.06. The molecule has 0 atom stereocenters. The van der Waals surface area contributed by atoms with Crippen LogP contribution >= 0.6 is 0 Å². The monoisotopic (exact) mass is 243 g/mol. The van der Waals surface area contributed by atoms with Crippen molar-refractivity contribution in [3.8, 4) is 0 Å². The lowest BCUT2D eigenvalue weighted by atomic mass is 10.1. The zero-order chi connectivity index (χ0) is 13.1. The van der Waals surface area contributed by atoms with Crippen molar-refractivity contribution < 1.29 is 22.8 Å². The van der Waals surface area contributed by atoms with Gasteiger partial charge in [-0.1, -0.05) is 24.8 Å². The van der Waals surface area contributed by atoms with E-state index in [1.807, 2.05) is 0 Å². The summed E-state index contributed by atoms with van der Waals surface area (Å²) in [4.78, 5) is 21.7. The number of nitrogens with one attached hydrogen (secondary N) is 1. The summed E-state index contributed by atoms with van der Waals surface area (Å²) in [5.41, 5.74) is 0.678. The molecular formula is C11H8F3NO2. The van der Waals surface area contributed by atoms with Crippen molar-refractivity contribution in [2.45, 2.75) is 6.18 Å². The molecule has 1 aromatic carbocycles. The summed E-state index contributed by atoms with van der Waals surface area (Å²) < 4.78 is 35.6. The Hall–Kier alpha value is -2.11. The number of carbonyl (C=O) groups is 2. The van der Waals surface area contributed by atoms with Gasteiger partial charge in [-0.3, -0.25) is 14.9 Å². The smallest absolute Gasteiger partial charge is 0.284 e. The van der Waals surface area contributed by atoms with Crippen molar-refractivity contribution in [3.63, 3.8) is 0 Å². The molecule has 0 spiro atoms. The molecule has 0 bridgehead atoms. The highest BCUT2D eigenvalue weighted by Crippen LogP contribution is 2.14. The van der Waals surface area contributed by atoms with E-state index in [-0.39, 0.29) is 5.56 Å². The fraction of sp³-hybridized carbons (Fsp3) is 0.0909. The standard InChI is InChI=1S/C11H8F3NO2/c1-2-7-3-5-8(6-4-7)9(16)15-10(17)11(12,13)14/h2-6H,1H2,(H,15,16,17). The van der Waals surface area contributed by atoms with E-state index in [1.165, 1.54) is 35.7 Å². The summed E-state index contributed by atoms with van der Waals surface area (Å²) in [5, 5.41) is 1.24. The third-order valence-electron chi connectivity index (χ3n) is 1.89. The van der Waals surface area contributed by atoms with E-state index in [1.54, 1.807) is 0 Å². The van der Waals surface area contributed by atoms with E-state index in [2.05, 4.69) is 6.58 Å². The molecular weight excluding hydrogens is 235 g/mol. The molecule has 0 heterocycles. The van der Waals surface area contributed by atoms with Crippen molar-refractivity contribution >= 4 is 17.9 Å². The van der Waals surface area contributed by atoms with Crippen LogP contribution in [0.5, 0.6) is 0 Å². The first-order valence-corrected chi connectivity index (χ1v) is 4.49. The van der Waals surface area contributed by atoms with Crippen LogP contribution in [0.25, 0.3) is 6.08 Å². The lowest BCUT2D eigenvalue weighted by molar-refractivity contribution is -0.172. The Kier molecular flexibility index (Phi) is 3.67. The van der Waals surface area contributed by atoms with E-state index >= 15 is 0 Å². The third-order valence-corrected chi connectivity index (χ3v) is 1.89. The Morgan fingerprint density at radius 1 is 1.18 bits per heavy atom. The lowest BCUT2D eigenvalue weighted by Gasteiger charge is -2.06. The van der Waals surface area contributed by atoms with Gasteiger partial charge in [0.25, 0.3) is 5.91 Å². The third kappa shape index (κ3) is 3.44. The first kappa shape index (κ1) is 13.0. The molecule has 6 heteroatoms. The minimum atomic E-state index is -5.07. The quantitative estimate of drug-likeness (QED) is 0.865. The van der Waals surface area contributed by atoms with Gasteiger partial charge < -0.3 is 0 Å². The van der Waals surface area contributed by atoms with Crippen LogP contribution in [-0.4, -0.2) is 18.0 Å². The zero-order valence-corrected chi connectivity index (χ0v) is 8.54. The molecule has 0 aliphatic carbocycles. The first-order chi connectivity index (χ1) is 7.84. The van der Waals surface area contributed by atoms with Gasteiger partial charge in [0.05, 0.1) is 0 Å². The summed E-state index contributed by atoms with van der Waals surface area (Å²) in [6, 6.07) is 5.60. The molecule has 0 aliphatic rings. The number of halogens is 3. The highest BCUT2D eigenvalue weighted by Gasteiger charge is 2.39. The maximum Gasteiger partial charge on any atom is 0.471 e. The molecule has 0 aromatic heterocycles. The summed E-state index contributed by atoms with van der Waals surface area (Å²) in [6.07, 6.45) is -3.56. The van der Waals surface area contributed by atoms with Crippen LogP contribution in [0.3, 0.4) is 0 Å². The van der Waals surface area contributed by atoms with Crippen molar-refractivity contribution in [3.05, 3.63) is 42.0 Å². The molecule has 1 rings (SSSR count). The molecule has 0 aliphatic heterocycles. The molecule has 1 aromatic rings. The Bertz CT molecular complexity index is 449. The zero-order valence-electron chi connectivity index (χ0n) is 8.54. The molecule has 1 N–H and O–H groups in total. The molecule has 0 unspecified atom stereocenters. The van der Waals surface area contributed by atoms with Crippen LogP contribution in [0.15, 0.2) is 30.8 Å². The van der Waals surface area contributed by atoms with Gasteiger partial charge in [0.15, 0.2) is 0 Å². The minimum absolute atomic E-state index is 0.0341. The molecule has 2 amide bonds. The number of amides is 2. The van der Waals surface area contributed by atoms with E-state index in [9.17, 15) is 22.8 Å². The Morgan fingerprint density at radius 2 is 1.71 bits per heavy atom. The van der Waals surface area contributed by atoms with Gasteiger partial charge in [0, 0.05) is 5.56 Å². The van der Waals surface area contributed by atoms with Crippen molar-refractivity contribution in [1.82, 2.24) is 5.32 Å². The van der Waals surface area contributed by atoms with Crippen LogP contribution in [0.4, 0.5) is 13.2 Å². The van der Waals surface area contributed by atoms with Crippen LogP contribution in [0.1, 0.15) is 15.9 Å². The van der Waals surface area contributed by atoms with Gasteiger partial charge in [-0.2, -0.15) is 13.2 Å². The van der Waals surface area contributed by atoms with E-state index in [0.29, 0.717) is 5.56 Å². The summed E-state index contributed by atoms with van der Waals surface area (Å²) in [7, 11) is 0. The van der Waals surface area contributed by atoms with Gasteiger partial charge >= 0.3 is 12.1 Å². The SMILES string of the molecule is C=Cc1ccc(C(=O)NC(=O)C(F)(F)F)cc1. The van der Waals surface area contributed by atoms with Crippen LogP contribution in [-0.2, 0) is 4.79 Å². The highest BCUT2D eigenvalue weighted by atomic mass is 19.4. The number of carbonyl (C=O) groups excluding carboxylic acids is 2. The van der Waals surface area contributed by atoms with Gasteiger partial charge in [-0.05, 0) is 17.7 Å².